The molecule has 1 aromatic heterocycles. The van der Waals surface area contributed by atoms with Gasteiger partial charge in [-0.05, 0) is 49.7 Å². The first-order chi connectivity index (χ1) is 10.6. The van der Waals surface area contributed by atoms with E-state index in [1.807, 2.05) is 44.2 Å². The molecule has 4 heteroatoms. The molecular weight excluding hydrogens is 279 g/mol. The van der Waals surface area contributed by atoms with E-state index in [2.05, 4.69) is 4.98 Å². The number of carbonyl (C=O) groups excluding carboxylic acids is 1. The van der Waals surface area contributed by atoms with E-state index in [4.69, 9.17) is 0 Å². The van der Waals surface area contributed by atoms with E-state index in [-0.39, 0.29) is 11.7 Å². The molecule has 0 atom stereocenters. The quantitative estimate of drug-likeness (QED) is 0.769. The van der Waals surface area contributed by atoms with Gasteiger partial charge in [0.1, 0.15) is 11.5 Å². The minimum atomic E-state index is -0.317. The van der Waals surface area contributed by atoms with Crippen molar-refractivity contribution in [1.82, 2.24) is 4.98 Å². The van der Waals surface area contributed by atoms with E-state index in [1.165, 1.54) is 12.1 Å². The summed E-state index contributed by atoms with van der Waals surface area (Å²) in [5.41, 5.74) is 2.84. The van der Waals surface area contributed by atoms with Crippen molar-refractivity contribution in [2.24, 2.45) is 0 Å². The van der Waals surface area contributed by atoms with Crippen LogP contribution < -0.4 is 4.90 Å². The molecule has 3 aromatic rings. The van der Waals surface area contributed by atoms with Crippen LogP contribution in [0.3, 0.4) is 0 Å². The molecule has 0 aliphatic carbocycles. The van der Waals surface area contributed by atoms with Crippen molar-refractivity contribution in [3.05, 3.63) is 65.6 Å². The predicted molar refractivity (Wildman–Crippen MR) is 86.8 cm³/mol. The number of hydrogen-bond acceptors (Lipinski definition) is 1. The SMILES string of the molecule is CCN(C(=O)c1[nH]c2cc(F)ccc2c1C)c1ccccc1. The van der Waals surface area contributed by atoms with Crippen LogP contribution in [-0.2, 0) is 0 Å². The maximum Gasteiger partial charge on any atom is 0.274 e. The normalized spacial score (nSPS) is 10.9. The van der Waals surface area contributed by atoms with Crippen molar-refractivity contribution in [2.45, 2.75) is 13.8 Å². The molecule has 2 aromatic carbocycles. The van der Waals surface area contributed by atoms with E-state index < -0.39 is 0 Å². The number of carbonyl (C=O) groups is 1. The molecule has 112 valence electrons. The molecule has 3 nitrogen and oxygen atoms in total. The van der Waals surface area contributed by atoms with E-state index >= 15 is 0 Å². The molecule has 0 bridgehead atoms. The van der Waals surface area contributed by atoms with Gasteiger partial charge in [-0.2, -0.15) is 0 Å². The first-order valence-electron chi connectivity index (χ1n) is 7.26. The third-order valence-corrected chi connectivity index (χ3v) is 3.86. The van der Waals surface area contributed by atoms with Crippen LogP contribution in [0.15, 0.2) is 48.5 Å². The summed E-state index contributed by atoms with van der Waals surface area (Å²) in [4.78, 5) is 17.6. The van der Waals surface area contributed by atoms with Crippen molar-refractivity contribution >= 4 is 22.5 Å². The van der Waals surface area contributed by atoms with Crippen LogP contribution >= 0.6 is 0 Å². The number of benzene rings is 2. The van der Waals surface area contributed by atoms with Gasteiger partial charge in [0.15, 0.2) is 0 Å². The van der Waals surface area contributed by atoms with Crippen LogP contribution in [0.2, 0.25) is 0 Å². The first-order valence-corrected chi connectivity index (χ1v) is 7.26. The van der Waals surface area contributed by atoms with Gasteiger partial charge in [-0.15, -0.1) is 0 Å². The first kappa shape index (κ1) is 14.3. The molecule has 1 N–H and O–H groups in total. The number of anilines is 1. The molecule has 0 saturated carbocycles. The number of aryl methyl sites for hydroxylation is 1. The number of fused-ring (bicyclic) bond motifs is 1. The van der Waals surface area contributed by atoms with E-state index in [1.54, 1.807) is 11.0 Å². The minimum Gasteiger partial charge on any atom is -0.350 e. The Balaban J connectivity index is 2.06. The number of hydrogen-bond donors (Lipinski definition) is 1. The fourth-order valence-corrected chi connectivity index (χ4v) is 2.71. The number of para-hydroxylation sites is 1. The number of rotatable bonds is 3. The zero-order chi connectivity index (χ0) is 15.7. The van der Waals surface area contributed by atoms with Gasteiger partial charge < -0.3 is 9.88 Å². The van der Waals surface area contributed by atoms with Crippen LogP contribution in [0.25, 0.3) is 10.9 Å². The molecule has 0 radical (unpaired) electrons. The zero-order valence-corrected chi connectivity index (χ0v) is 12.6. The summed E-state index contributed by atoms with van der Waals surface area (Å²) < 4.78 is 13.4. The lowest BCUT2D eigenvalue weighted by Crippen LogP contribution is -2.31. The largest absolute Gasteiger partial charge is 0.350 e. The smallest absolute Gasteiger partial charge is 0.274 e. The van der Waals surface area contributed by atoms with Gasteiger partial charge in [-0.1, -0.05) is 18.2 Å². The highest BCUT2D eigenvalue weighted by molar-refractivity contribution is 6.09. The second kappa shape index (κ2) is 5.64. The number of amides is 1. The molecule has 0 fully saturated rings. The number of halogens is 1. The molecule has 0 aliphatic rings. The molecule has 1 amide bonds. The van der Waals surface area contributed by atoms with Gasteiger partial charge in [-0.3, -0.25) is 4.79 Å². The number of H-pyrrole nitrogens is 1. The lowest BCUT2D eigenvalue weighted by molar-refractivity contribution is 0.0984. The standard InChI is InChI=1S/C18H17FN2O/c1-3-21(14-7-5-4-6-8-14)18(22)17-12(2)15-10-9-13(19)11-16(15)20-17/h4-11,20H,3H2,1-2H3. The monoisotopic (exact) mass is 296 g/mol. The van der Waals surface area contributed by atoms with Crippen LogP contribution in [0.1, 0.15) is 23.0 Å². The average Bonchev–Trinajstić information content (AvgIpc) is 2.85. The Labute approximate surface area is 128 Å². The van der Waals surface area contributed by atoms with Gasteiger partial charge in [0.05, 0.1) is 0 Å². The molecule has 0 saturated heterocycles. The maximum atomic E-state index is 13.4. The average molecular weight is 296 g/mol. The van der Waals surface area contributed by atoms with Crippen molar-refractivity contribution in [3.8, 4) is 0 Å². The highest BCUT2D eigenvalue weighted by Crippen LogP contribution is 2.25. The predicted octanol–water partition coefficient (Wildman–Crippen LogP) is 4.28. The molecule has 1 heterocycles. The van der Waals surface area contributed by atoms with Crippen LogP contribution in [0.4, 0.5) is 10.1 Å². The summed E-state index contributed by atoms with van der Waals surface area (Å²) in [5.74, 6) is -0.425. The van der Waals surface area contributed by atoms with Crippen LogP contribution in [0, 0.1) is 12.7 Å². The summed E-state index contributed by atoms with van der Waals surface area (Å²) in [5, 5.41) is 0.869. The van der Waals surface area contributed by atoms with Crippen molar-refractivity contribution < 1.29 is 9.18 Å². The number of nitrogens with one attached hydrogen (secondary N) is 1. The van der Waals surface area contributed by atoms with Crippen molar-refractivity contribution in [2.75, 3.05) is 11.4 Å². The minimum absolute atomic E-state index is 0.109. The Kier molecular flexibility index (Phi) is 3.67. The molecular formula is C18H17FN2O. The summed E-state index contributed by atoms with van der Waals surface area (Å²) in [6.07, 6.45) is 0. The van der Waals surface area contributed by atoms with Crippen LogP contribution in [-0.4, -0.2) is 17.4 Å². The van der Waals surface area contributed by atoms with E-state index in [0.29, 0.717) is 17.8 Å². The zero-order valence-electron chi connectivity index (χ0n) is 12.6. The second-order valence-electron chi connectivity index (χ2n) is 5.20. The van der Waals surface area contributed by atoms with E-state index in [0.717, 1.165) is 16.6 Å². The third kappa shape index (κ3) is 2.37. The van der Waals surface area contributed by atoms with Gasteiger partial charge in [-0.25, -0.2) is 4.39 Å². The number of aromatic nitrogens is 1. The van der Waals surface area contributed by atoms with Gasteiger partial charge in [0.25, 0.3) is 5.91 Å². The van der Waals surface area contributed by atoms with E-state index in [9.17, 15) is 9.18 Å². The Morgan fingerprint density at radius 3 is 2.59 bits per heavy atom. The van der Waals surface area contributed by atoms with Crippen molar-refractivity contribution in [1.29, 1.82) is 0 Å². The molecule has 3 rings (SSSR count). The highest BCUT2D eigenvalue weighted by atomic mass is 19.1. The van der Waals surface area contributed by atoms with Gasteiger partial charge in [0, 0.05) is 23.1 Å². The molecule has 0 aliphatic heterocycles. The molecule has 0 unspecified atom stereocenters. The highest BCUT2D eigenvalue weighted by Gasteiger charge is 2.21. The van der Waals surface area contributed by atoms with Gasteiger partial charge in [0.2, 0.25) is 0 Å². The lowest BCUT2D eigenvalue weighted by Gasteiger charge is -2.20. The summed E-state index contributed by atoms with van der Waals surface area (Å²) in [6, 6.07) is 14.0. The Bertz CT molecular complexity index is 824. The second-order valence-corrected chi connectivity index (χ2v) is 5.20. The maximum absolute atomic E-state index is 13.4. The Morgan fingerprint density at radius 1 is 1.18 bits per heavy atom. The number of nitrogens with zero attached hydrogens (tertiary/aromatic N) is 1. The summed E-state index contributed by atoms with van der Waals surface area (Å²) in [7, 11) is 0. The molecule has 22 heavy (non-hydrogen) atoms. The Hall–Kier alpha value is -2.62. The number of aromatic amines is 1. The van der Waals surface area contributed by atoms with Crippen molar-refractivity contribution in [3.63, 3.8) is 0 Å². The molecule has 0 spiro atoms. The third-order valence-electron chi connectivity index (χ3n) is 3.86. The van der Waals surface area contributed by atoms with Gasteiger partial charge >= 0.3 is 0 Å². The summed E-state index contributed by atoms with van der Waals surface area (Å²) in [6.45, 7) is 4.37. The summed E-state index contributed by atoms with van der Waals surface area (Å²) >= 11 is 0. The topological polar surface area (TPSA) is 36.1 Å². The van der Waals surface area contributed by atoms with Crippen LogP contribution in [0.5, 0.6) is 0 Å². The fraction of sp³-hybridized carbons (Fsp3) is 0.167. The fourth-order valence-electron chi connectivity index (χ4n) is 2.71. The Morgan fingerprint density at radius 2 is 1.91 bits per heavy atom. The lowest BCUT2D eigenvalue weighted by atomic mass is 10.1.